The molecule has 24 heavy (non-hydrogen) atoms. The van der Waals surface area contributed by atoms with E-state index in [4.69, 9.17) is 4.74 Å². The Kier molecular flexibility index (Phi) is 4.54. The summed E-state index contributed by atoms with van der Waals surface area (Å²) in [5.74, 6) is 0.976. The number of anilines is 1. The zero-order chi connectivity index (χ0) is 17.3. The van der Waals surface area contributed by atoms with Crippen LogP contribution in [-0.2, 0) is 10.0 Å². The third-order valence-electron chi connectivity index (χ3n) is 4.54. The number of methoxy groups -OCH3 is 1. The van der Waals surface area contributed by atoms with Crippen molar-refractivity contribution in [2.24, 2.45) is 0 Å². The summed E-state index contributed by atoms with van der Waals surface area (Å²) in [6.07, 6.45) is 1.97. The number of sulfonamides is 1. The molecule has 2 aromatic rings. The smallest absolute Gasteiger partial charge is 0.264 e. The zero-order valence-electron chi connectivity index (χ0n) is 14.3. The van der Waals surface area contributed by atoms with Gasteiger partial charge in [-0.05, 0) is 54.8 Å². The molecule has 1 aliphatic rings. The molecular formula is C19H23NO3S. The van der Waals surface area contributed by atoms with Crippen molar-refractivity contribution in [2.45, 2.75) is 37.5 Å². The molecule has 0 spiro atoms. The first-order chi connectivity index (χ1) is 11.5. The molecule has 1 atom stereocenters. The lowest BCUT2D eigenvalue weighted by Gasteiger charge is -2.20. The maximum Gasteiger partial charge on any atom is 0.264 e. The van der Waals surface area contributed by atoms with Gasteiger partial charge in [-0.2, -0.15) is 0 Å². The van der Waals surface area contributed by atoms with Gasteiger partial charge in [-0.15, -0.1) is 0 Å². The number of fused-ring (bicyclic) bond motifs is 1. The number of rotatable bonds is 5. The van der Waals surface area contributed by atoms with Gasteiger partial charge in [0.15, 0.2) is 0 Å². The Balaban J connectivity index is 2.07. The second-order valence-corrected chi connectivity index (χ2v) is 8.13. The summed E-state index contributed by atoms with van der Waals surface area (Å²) in [4.78, 5) is 0.349. The summed E-state index contributed by atoms with van der Waals surface area (Å²) < 4.78 is 33.2. The highest BCUT2D eigenvalue weighted by Gasteiger charge is 2.36. The quantitative estimate of drug-likeness (QED) is 0.820. The van der Waals surface area contributed by atoms with E-state index >= 15 is 0 Å². The van der Waals surface area contributed by atoms with Crippen molar-refractivity contribution in [2.75, 3.05) is 18.0 Å². The monoisotopic (exact) mass is 345 g/mol. The van der Waals surface area contributed by atoms with Gasteiger partial charge in [0.05, 0.1) is 17.7 Å². The zero-order valence-corrected chi connectivity index (χ0v) is 15.1. The fourth-order valence-corrected chi connectivity index (χ4v) is 4.98. The van der Waals surface area contributed by atoms with Crippen LogP contribution >= 0.6 is 0 Å². The summed E-state index contributed by atoms with van der Waals surface area (Å²) >= 11 is 0. The first-order valence-electron chi connectivity index (χ1n) is 8.24. The number of ether oxygens (including phenoxy) is 1. The van der Waals surface area contributed by atoms with Crippen molar-refractivity contribution in [1.82, 2.24) is 0 Å². The third-order valence-corrected chi connectivity index (χ3v) is 6.32. The van der Waals surface area contributed by atoms with Crippen molar-refractivity contribution in [1.29, 1.82) is 0 Å². The van der Waals surface area contributed by atoms with Crippen LogP contribution in [0.2, 0.25) is 0 Å². The minimum absolute atomic E-state index is 0.208. The van der Waals surface area contributed by atoms with Gasteiger partial charge < -0.3 is 4.74 Å². The van der Waals surface area contributed by atoms with Crippen molar-refractivity contribution in [3.05, 3.63) is 53.6 Å². The highest BCUT2D eigenvalue weighted by Crippen LogP contribution is 2.43. The summed E-state index contributed by atoms with van der Waals surface area (Å²) in [5, 5.41) is 0. The first kappa shape index (κ1) is 16.8. The average Bonchev–Trinajstić information content (AvgIpc) is 2.94. The van der Waals surface area contributed by atoms with Crippen LogP contribution in [0.5, 0.6) is 5.75 Å². The molecule has 5 heteroatoms. The SMILES string of the molecule is CCCC1CN(S(=O)(=O)c2cccc(C)c2)c2ccc(OC)cc21. The maximum absolute atomic E-state index is 13.1. The van der Waals surface area contributed by atoms with E-state index in [0.29, 0.717) is 11.4 Å². The predicted molar refractivity (Wildman–Crippen MR) is 96.4 cm³/mol. The third kappa shape index (κ3) is 2.88. The normalized spacial score (nSPS) is 17.0. The lowest BCUT2D eigenvalue weighted by atomic mass is 9.96. The van der Waals surface area contributed by atoms with Gasteiger partial charge >= 0.3 is 0 Å². The molecule has 0 N–H and O–H groups in total. The number of aryl methyl sites for hydroxylation is 1. The van der Waals surface area contributed by atoms with Crippen LogP contribution in [0.25, 0.3) is 0 Å². The number of hydrogen-bond acceptors (Lipinski definition) is 3. The van der Waals surface area contributed by atoms with Crippen LogP contribution in [0.15, 0.2) is 47.4 Å². The molecule has 4 nitrogen and oxygen atoms in total. The van der Waals surface area contributed by atoms with Gasteiger partial charge in [0, 0.05) is 12.5 Å². The van der Waals surface area contributed by atoms with E-state index in [0.717, 1.165) is 35.4 Å². The predicted octanol–water partition coefficient (Wildman–Crippen LogP) is 4.10. The van der Waals surface area contributed by atoms with Gasteiger partial charge in [0.1, 0.15) is 5.75 Å². The molecule has 3 rings (SSSR count). The number of nitrogens with zero attached hydrogens (tertiary/aromatic N) is 1. The summed E-state index contributed by atoms with van der Waals surface area (Å²) in [6.45, 7) is 4.52. The maximum atomic E-state index is 13.1. The van der Waals surface area contributed by atoms with Crippen LogP contribution < -0.4 is 9.04 Å². The Labute approximate surface area is 144 Å². The van der Waals surface area contributed by atoms with Crippen molar-refractivity contribution in [3.8, 4) is 5.75 Å². The van der Waals surface area contributed by atoms with Crippen LogP contribution in [-0.4, -0.2) is 22.1 Å². The first-order valence-corrected chi connectivity index (χ1v) is 9.68. The van der Waals surface area contributed by atoms with Crippen LogP contribution in [0, 0.1) is 6.92 Å². The van der Waals surface area contributed by atoms with E-state index in [9.17, 15) is 8.42 Å². The van der Waals surface area contributed by atoms with Crippen LogP contribution in [0.4, 0.5) is 5.69 Å². The molecule has 0 saturated carbocycles. The van der Waals surface area contributed by atoms with Crippen molar-refractivity contribution in [3.63, 3.8) is 0 Å². The second-order valence-electron chi connectivity index (χ2n) is 6.26. The number of benzene rings is 2. The Morgan fingerprint density at radius 2 is 2.00 bits per heavy atom. The van der Waals surface area contributed by atoms with Crippen molar-refractivity contribution >= 4 is 15.7 Å². The molecule has 0 amide bonds. The summed E-state index contributed by atoms with van der Waals surface area (Å²) in [6, 6.07) is 12.7. The Bertz CT molecular complexity index is 845. The largest absolute Gasteiger partial charge is 0.497 e. The van der Waals surface area contributed by atoms with E-state index in [-0.39, 0.29) is 5.92 Å². The fourth-order valence-electron chi connectivity index (χ4n) is 3.34. The van der Waals surface area contributed by atoms with E-state index in [1.807, 2.05) is 31.2 Å². The van der Waals surface area contributed by atoms with Crippen LogP contribution in [0.1, 0.15) is 36.8 Å². The van der Waals surface area contributed by atoms with Gasteiger partial charge in [0.25, 0.3) is 10.0 Å². The summed E-state index contributed by atoms with van der Waals surface area (Å²) in [5.41, 5.74) is 2.78. The van der Waals surface area contributed by atoms with Gasteiger partial charge in [-0.3, -0.25) is 4.31 Å². The van der Waals surface area contributed by atoms with E-state index in [1.54, 1.807) is 29.6 Å². The molecular weight excluding hydrogens is 322 g/mol. The molecule has 0 fully saturated rings. The molecule has 0 radical (unpaired) electrons. The Morgan fingerprint density at radius 1 is 1.21 bits per heavy atom. The average molecular weight is 345 g/mol. The fraction of sp³-hybridized carbons (Fsp3) is 0.368. The molecule has 1 aliphatic heterocycles. The van der Waals surface area contributed by atoms with E-state index in [2.05, 4.69) is 6.92 Å². The minimum atomic E-state index is -3.55. The molecule has 0 aromatic heterocycles. The van der Waals surface area contributed by atoms with E-state index < -0.39 is 10.0 Å². The molecule has 1 heterocycles. The standard InChI is InChI=1S/C19H23NO3S/c1-4-6-15-13-20(19-10-9-16(23-3)12-18(15)19)24(21,22)17-8-5-7-14(2)11-17/h5,7-12,15H,4,6,13H2,1-3H3. The summed E-state index contributed by atoms with van der Waals surface area (Å²) in [7, 11) is -1.92. The molecule has 1 unspecified atom stereocenters. The van der Waals surface area contributed by atoms with E-state index in [1.165, 1.54) is 0 Å². The van der Waals surface area contributed by atoms with Gasteiger partial charge in [-0.25, -0.2) is 8.42 Å². The molecule has 0 aliphatic carbocycles. The van der Waals surface area contributed by atoms with Gasteiger partial charge in [0.2, 0.25) is 0 Å². The lowest BCUT2D eigenvalue weighted by Crippen LogP contribution is -2.30. The Morgan fingerprint density at radius 3 is 2.67 bits per heavy atom. The topological polar surface area (TPSA) is 46.6 Å². The van der Waals surface area contributed by atoms with Gasteiger partial charge in [-0.1, -0.05) is 25.5 Å². The minimum Gasteiger partial charge on any atom is -0.497 e. The van der Waals surface area contributed by atoms with Crippen molar-refractivity contribution < 1.29 is 13.2 Å². The lowest BCUT2D eigenvalue weighted by molar-refractivity contribution is 0.414. The second kappa shape index (κ2) is 6.48. The van der Waals surface area contributed by atoms with Crippen LogP contribution in [0.3, 0.4) is 0 Å². The molecule has 128 valence electrons. The molecule has 0 saturated heterocycles. The molecule has 0 bridgehead atoms. The molecule has 2 aromatic carbocycles. The highest BCUT2D eigenvalue weighted by molar-refractivity contribution is 7.92. The highest BCUT2D eigenvalue weighted by atomic mass is 32.2. The number of hydrogen-bond donors (Lipinski definition) is 0. The Hall–Kier alpha value is -2.01.